The Kier molecular flexibility index (Phi) is 6.47. The first-order chi connectivity index (χ1) is 16.4. The third-order valence-electron chi connectivity index (χ3n) is 5.72. The van der Waals surface area contributed by atoms with Crippen LogP contribution in [0.3, 0.4) is 0 Å². The van der Waals surface area contributed by atoms with Crippen LogP contribution in [-0.4, -0.2) is 43.8 Å². The zero-order valence-corrected chi connectivity index (χ0v) is 18.2. The largest absolute Gasteiger partial charge is 0.483 e. The highest BCUT2D eigenvalue weighted by atomic mass is 19.3. The average molecular weight is 465 g/mol. The Bertz CT molecular complexity index is 1370. The normalized spacial score (nSPS) is 18.2. The molecule has 0 saturated carbocycles. The van der Waals surface area contributed by atoms with Gasteiger partial charge in [0.05, 0.1) is 29.9 Å². The molecular formula is C24H21F2N5O3. The van der Waals surface area contributed by atoms with E-state index in [0.717, 1.165) is 0 Å². The fourth-order valence-electron chi connectivity index (χ4n) is 4.28. The summed E-state index contributed by atoms with van der Waals surface area (Å²) >= 11 is 0. The van der Waals surface area contributed by atoms with Crippen molar-refractivity contribution in [2.75, 3.05) is 6.61 Å². The molecule has 4 aromatic rings. The van der Waals surface area contributed by atoms with Gasteiger partial charge >= 0.3 is 5.92 Å². The van der Waals surface area contributed by atoms with E-state index in [-0.39, 0.29) is 30.1 Å². The summed E-state index contributed by atoms with van der Waals surface area (Å²) < 4.78 is 38.8. The molecule has 0 aliphatic carbocycles. The van der Waals surface area contributed by atoms with Crippen LogP contribution in [0.4, 0.5) is 14.5 Å². The number of fused-ring (bicyclic) bond motifs is 3. The van der Waals surface area contributed by atoms with Gasteiger partial charge in [-0.1, -0.05) is 12.1 Å². The molecular weight excluding hydrogens is 444 g/mol. The number of nitrogens with zero attached hydrogens (tertiary/aromatic N) is 5. The molecule has 0 radical (unpaired) electrons. The third-order valence-corrected chi connectivity index (χ3v) is 5.72. The van der Waals surface area contributed by atoms with Crippen molar-refractivity contribution in [1.82, 2.24) is 19.5 Å². The van der Waals surface area contributed by atoms with E-state index in [0.29, 0.717) is 47.1 Å². The summed E-state index contributed by atoms with van der Waals surface area (Å²) in [5.41, 5.74) is 1.65. The number of imidazole rings is 1. The van der Waals surface area contributed by atoms with E-state index in [1.807, 2.05) is 6.92 Å². The van der Waals surface area contributed by atoms with Gasteiger partial charge in [0.25, 0.3) is 6.47 Å². The van der Waals surface area contributed by atoms with E-state index >= 15 is 8.78 Å². The minimum absolute atomic E-state index is 0.0561. The zero-order valence-electron chi connectivity index (χ0n) is 18.2. The fraction of sp³-hybridized carbons (Fsp3) is 0.292. The molecule has 5 rings (SSSR count). The van der Waals surface area contributed by atoms with E-state index in [2.05, 4.69) is 19.8 Å². The van der Waals surface area contributed by atoms with Crippen LogP contribution in [0, 0.1) is 6.57 Å². The summed E-state index contributed by atoms with van der Waals surface area (Å²) in [6, 6.07) is 9.34. The van der Waals surface area contributed by atoms with Crippen molar-refractivity contribution in [3.05, 3.63) is 71.7 Å². The summed E-state index contributed by atoms with van der Waals surface area (Å²) in [6.07, 6.45) is 3.99. The van der Waals surface area contributed by atoms with E-state index in [1.54, 1.807) is 34.9 Å². The smallest absolute Gasteiger partial charge is 0.346 e. The number of ether oxygens (including phenoxy) is 1. The molecule has 3 aromatic heterocycles. The summed E-state index contributed by atoms with van der Waals surface area (Å²) in [5.74, 6) is -3.76. The second-order valence-electron chi connectivity index (χ2n) is 7.87. The van der Waals surface area contributed by atoms with Crippen LogP contribution in [-0.2, 0) is 15.5 Å². The molecule has 10 heteroatoms. The number of aromatic nitrogens is 4. The lowest BCUT2D eigenvalue weighted by Gasteiger charge is -2.31. The van der Waals surface area contributed by atoms with Gasteiger partial charge in [0.1, 0.15) is 11.2 Å². The van der Waals surface area contributed by atoms with Crippen molar-refractivity contribution in [3.63, 3.8) is 0 Å². The van der Waals surface area contributed by atoms with Crippen molar-refractivity contribution in [1.29, 1.82) is 0 Å². The zero-order chi connectivity index (χ0) is 24.3. The quantitative estimate of drug-likeness (QED) is 0.334. The lowest BCUT2D eigenvalue weighted by atomic mass is 10.0. The van der Waals surface area contributed by atoms with Crippen LogP contribution in [0.5, 0.6) is 0 Å². The van der Waals surface area contributed by atoms with Gasteiger partial charge in [-0.15, -0.1) is 0 Å². The SMILES string of the molecule is O=CO.[C-]#[N+]c1ccc2ncc3nc(C(F)(F)c4ccccn4)n([C@@H]4CCO[C@H](C)C4)c3c2c1. The molecule has 0 unspecified atom stereocenters. The van der Waals surface area contributed by atoms with Crippen LogP contribution < -0.4 is 0 Å². The molecule has 174 valence electrons. The Balaban J connectivity index is 0.000000868. The van der Waals surface area contributed by atoms with Gasteiger partial charge in [0, 0.05) is 24.2 Å². The van der Waals surface area contributed by atoms with Crippen LogP contribution in [0.2, 0.25) is 0 Å². The first-order valence-electron chi connectivity index (χ1n) is 10.6. The first-order valence-corrected chi connectivity index (χ1v) is 10.6. The van der Waals surface area contributed by atoms with Gasteiger partial charge in [0.2, 0.25) is 0 Å². The van der Waals surface area contributed by atoms with Crippen molar-refractivity contribution < 1.29 is 23.4 Å². The highest BCUT2D eigenvalue weighted by molar-refractivity contribution is 6.03. The minimum Gasteiger partial charge on any atom is -0.483 e. The summed E-state index contributed by atoms with van der Waals surface area (Å²) in [6.45, 7) is 9.53. The maximum absolute atomic E-state index is 15.7. The topological polar surface area (TPSA) is 94.5 Å². The second-order valence-corrected chi connectivity index (χ2v) is 7.87. The molecule has 2 atom stereocenters. The van der Waals surface area contributed by atoms with E-state index < -0.39 is 5.92 Å². The molecule has 8 nitrogen and oxygen atoms in total. The summed E-state index contributed by atoms with van der Waals surface area (Å²) in [4.78, 5) is 24.5. The predicted octanol–water partition coefficient (Wildman–Crippen LogP) is 5.11. The van der Waals surface area contributed by atoms with Crippen LogP contribution in [0.25, 0.3) is 26.8 Å². The van der Waals surface area contributed by atoms with Gasteiger partial charge in [-0.25, -0.2) is 9.83 Å². The maximum atomic E-state index is 15.7. The number of carbonyl (C=O) groups is 1. The highest BCUT2D eigenvalue weighted by Gasteiger charge is 2.43. The number of carboxylic acid groups (broad SMARTS) is 1. The van der Waals surface area contributed by atoms with Crippen molar-refractivity contribution in [2.24, 2.45) is 0 Å². The van der Waals surface area contributed by atoms with Crippen LogP contribution >= 0.6 is 0 Å². The van der Waals surface area contributed by atoms with Gasteiger partial charge < -0.3 is 14.4 Å². The molecule has 0 bridgehead atoms. The number of pyridine rings is 2. The molecule has 1 aliphatic heterocycles. The molecule has 34 heavy (non-hydrogen) atoms. The lowest BCUT2D eigenvalue weighted by molar-refractivity contribution is -0.122. The van der Waals surface area contributed by atoms with E-state index in [4.69, 9.17) is 21.2 Å². The number of rotatable bonds is 3. The molecule has 4 heterocycles. The maximum Gasteiger partial charge on any atom is 0.346 e. The molecule has 1 N–H and O–H groups in total. The van der Waals surface area contributed by atoms with Gasteiger partial charge in [0.15, 0.2) is 11.5 Å². The number of hydrogen-bond donors (Lipinski definition) is 1. The molecule has 0 spiro atoms. The monoisotopic (exact) mass is 465 g/mol. The van der Waals surface area contributed by atoms with Gasteiger partial charge in [-0.3, -0.25) is 14.8 Å². The minimum atomic E-state index is -3.40. The van der Waals surface area contributed by atoms with E-state index in [9.17, 15) is 0 Å². The Morgan fingerprint density at radius 2 is 2.06 bits per heavy atom. The van der Waals surface area contributed by atoms with Crippen LogP contribution in [0.15, 0.2) is 48.8 Å². The van der Waals surface area contributed by atoms with Gasteiger partial charge in [-0.05, 0) is 44.0 Å². The fourth-order valence-corrected chi connectivity index (χ4v) is 4.28. The predicted molar refractivity (Wildman–Crippen MR) is 121 cm³/mol. The lowest BCUT2D eigenvalue weighted by Crippen LogP contribution is -2.30. The number of hydrogen-bond acceptors (Lipinski definition) is 5. The van der Waals surface area contributed by atoms with Crippen molar-refractivity contribution in [2.45, 2.75) is 37.8 Å². The van der Waals surface area contributed by atoms with Crippen molar-refractivity contribution in [3.8, 4) is 0 Å². The molecule has 0 amide bonds. The number of halogens is 2. The molecule has 1 aromatic carbocycles. The summed E-state index contributed by atoms with van der Waals surface area (Å²) in [5, 5.41) is 7.53. The Labute approximate surface area is 193 Å². The Morgan fingerprint density at radius 3 is 2.74 bits per heavy atom. The van der Waals surface area contributed by atoms with Crippen LogP contribution in [0.1, 0.15) is 37.3 Å². The first kappa shape index (κ1) is 23.2. The molecule has 1 fully saturated rings. The molecule has 1 saturated heterocycles. The van der Waals surface area contributed by atoms with Gasteiger partial charge in [-0.2, -0.15) is 8.78 Å². The number of alkyl halides is 2. The van der Waals surface area contributed by atoms with Crippen molar-refractivity contribution >= 4 is 34.1 Å². The summed E-state index contributed by atoms with van der Waals surface area (Å²) in [7, 11) is 0. The molecule has 1 aliphatic rings. The second kappa shape index (κ2) is 9.49. The number of benzene rings is 1. The average Bonchev–Trinajstić information content (AvgIpc) is 3.26. The Hall–Kier alpha value is -3.97. The standard InChI is InChI=1S/C23H19F2N5O.CH2O2/c1-14-11-16(8-10-31-14)30-21-17-12-15(26-2)6-7-18(17)28-13-19(21)29-22(30)23(24,25)20-5-3-4-9-27-20;2-1-3/h3-7,9,12-14,16H,8,10-11H2,1H3;1H,(H,2,3)/t14-,16-;/m1./s1. The van der Waals surface area contributed by atoms with E-state index in [1.165, 1.54) is 18.5 Å². The highest BCUT2D eigenvalue weighted by Crippen LogP contribution is 2.41. The Morgan fingerprint density at radius 1 is 1.26 bits per heavy atom. The third kappa shape index (κ3) is 4.18.